The predicted molar refractivity (Wildman–Crippen MR) is 107 cm³/mol. The van der Waals surface area contributed by atoms with Crippen LogP contribution in [0.2, 0.25) is 5.02 Å². The van der Waals surface area contributed by atoms with Gasteiger partial charge in [0.1, 0.15) is 12.8 Å². The average Bonchev–Trinajstić information content (AvgIpc) is 2.68. The van der Waals surface area contributed by atoms with E-state index in [4.69, 9.17) is 21.4 Å². The summed E-state index contributed by atoms with van der Waals surface area (Å²) in [5, 5.41) is 13.0. The van der Waals surface area contributed by atoms with Gasteiger partial charge in [-0.3, -0.25) is 4.90 Å². The molecule has 0 aromatic heterocycles. The van der Waals surface area contributed by atoms with E-state index in [1.54, 1.807) is 0 Å². The molecule has 0 aliphatic carbocycles. The first-order valence-corrected chi connectivity index (χ1v) is 9.55. The third kappa shape index (κ3) is 5.53. The maximum Gasteiger partial charge on any atom is 0.329 e. The summed E-state index contributed by atoms with van der Waals surface area (Å²) in [5.74, 6) is -0.939. The number of rotatable bonds is 7. The van der Waals surface area contributed by atoms with E-state index < -0.39 is 5.97 Å². The van der Waals surface area contributed by atoms with Gasteiger partial charge in [-0.15, -0.1) is 0 Å². The second-order valence-electron chi connectivity index (χ2n) is 6.81. The number of hydrogen-bond donors (Lipinski definition) is 2. The molecule has 27 heavy (non-hydrogen) atoms. The van der Waals surface area contributed by atoms with Gasteiger partial charge in [0.05, 0.1) is 0 Å². The molecule has 2 unspecified atom stereocenters. The number of benzene rings is 2. The molecular formula is C21H25ClN2O3. The highest BCUT2D eigenvalue weighted by atomic mass is 35.5. The van der Waals surface area contributed by atoms with Crippen LogP contribution < -0.4 is 5.32 Å². The third-order valence-corrected chi connectivity index (χ3v) is 5.17. The van der Waals surface area contributed by atoms with E-state index in [0.717, 1.165) is 42.2 Å². The second-order valence-corrected chi connectivity index (χ2v) is 7.24. The van der Waals surface area contributed by atoms with Gasteiger partial charge >= 0.3 is 5.97 Å². The van der Waals surface area contributed by atoms with Gasteiger partial charge < -0.3 is 15.2 Å². The lowest BCUT2D eigenvalue weighted by Gasteiger charge is -2.39. The van der Waals surface area contributed by atoms with Gasteiger partial charge in [0.25, 0.3) is 0 Å². The van der Waals surface area contributed by atoms with Crippen LogP contribution in [-0.4, -0.2) is 54.5 Å². The van der Waals surface area contributed by atoms with Crippen LogP contribution in [0.25, 0.3) is 11.1 Å². The fraction of sp³-hybridized carbons (Fsp3) is 0.381. The van der Waals surface area contributed by atoms with Crippen LogP contribution in [0.5, 0.6) is 0 Å². The molecule has 1 aliphatic rings. The van der Waals surface area contributed by atoms with Crippen LogP contribution in [-0.2, 0) is 16.0 Å². The van der Waals surface area contributed by atoms with Crippen LogP contribution in [0, 0.1) is 0 Å². The van der Waals surface area contributed by atoms with Crippen LogP contribution in [0.1, 0.15) is 12.5 Å². The first-order valence-electron chi connectivity index (χ1n) is 9.17. The molecule has 0 bridgehead atoms. The Labute approximate surface area is 164 Å². The average molecular weight is 389 g/mol. The minimum Gasteiger partial charge on any atom is -0.480 e. The van der Waals surface area contributed by atoms with Gasteiger partial charge in [0.2, 0.25) is 0 Å². The van der Waals surface area contributed by atoms with E-state index in [-0.39, 0.29) is 18.9 Å². The standard InChI is InChI=1S/C21H25ClN2O3/c1-15(27-14-21(25)26)24-11-10-23-13-20(24)12-16-2-4-17(5-3-16)18-6-8-19(22)9-7-18/h2-9,15,20,23H,10-14H2,1H3,(H,25,26). The lowest BCUT2D eigenvalue weighted by Crippen LogP contribution is -2.56. The molecule has 3 rings (SSSR count). The van der Waals surface area contributed by atoms with Crippen molar-refractivity contribution in [3.8, 4) is 11.1 Å². The largest absolute Gasteiger partial charge is 0.480 e. The number of carbonyl (C=O) groups is 1. The first kappa shape index (κ1) is 19.8. The molecule has 1 fully saturated rings. The van der Waals surface area contributed by atoms with Gasteiger partial charge in [-0.05, 0) is 42.2 Å². The SMILES string of the molecule is CC(OCC(=O)O)N1CCNCC1Cc1ccc(-c2ccc(Cl)cc2)cc1. The van der Waals surface area contributed by atoms with Gasteiger partial charge in [0.15, 0.2) is 0 Å². The molecule has 0 spiro atoms. The predicted octanol–water partition coefficient (Wildman–Crippen LogP) is 3.27. The number of ether oxygens (including phenoxy) is 1. The van der Waals surface area contributed by atoms with E-state index in [1.807, 2.05) is 31.2 Å². The maximum absolute atomic E-state index is 10.8. The van der Waals surface area contributed by atoms with Crippen LogP contribution in [0.4, 0.5) is 0 Å². The summed E-state index contributed by atoms with van der Waals surface area (Å²) >= 11 is 5.96. The molecule has 2 N–H and O–H groups in total. The van der Waals surface area contributed by atoms with Crippen molar-refractivity contribution in [2.24, 2.45) is 0 Å². The summed E-state index contributed by atoms with van der Waals surface area (Å²) in [7, 11) is 0. The summed E-state index contributed by atoms with van der Waals surface area (Å²) in [6.07, 6.45) is 0.663. The summed E-state index contributed by atoms with van der Waals surface area (Å²) in [6, 6.07) is 16.7. The lowest BCUT2D eigenvalue weighted by molar-refractivity contribution is -0.150. The highest BCUT2D eigenvalue weighted by Crippen LogP contribution is 2.23. The Bertz CT molecular complexity index is 749. The van der Waals surface area contributed by atoms with Crippen molar-refractivity contribution in [1.29, 1.82) is 0 Å². The van der Waals surface area contributed by atoms with Crippen molar-refractivity contribution in [2.45, 2.75) is 25.6 Å². The van der Waals surface area contributed by atoms with Gasteiger partial charge in [0, 0.05) is 30.7 Å². The van der Waals surface area contributed by atoms with E-state index in [0.29, 0.717) is 0 Å². The molecular weight excluding hydrogens is 364 g/mol. The molecule has 144 valence electrons. The Morgan fingerprint density at radius 3 is 2.48 bits per heavy atom. The van der Waals surface area contributed by atoms with Crippen molar-refractivity contribution in [3.05, 3.63) is 59.1 Å². The van der Waals surface area contributed by atoms with Crippen molar-refractivity contribution in [1.82, 2.24) is 10.2 Å². The highest BCUT2D eigenvalue weighted by molar-refractivity contribution is 6.30. The summed E-state index contributed by atoms with van der Waals surface area (Å²) in [6.45, 7) is 4.24. The lowest BCUT2D eigenvalue weighted by atomic mass is 9.99. The molecule has 1 saturated heterocycles. The molecule has 2 atom stereocenters. The quantitative estimate of drug-likeness (QED) is 0.762. The number of hydrogen-bond acceptors (Lipinski definition) is 4. The smallest absolute Gasteiger partial charge is 0.329 e. The number of piperazine rings is 1. The van der Waals surface area contributed by atoms with Crippen molar-refractivity contribution in [3.63, 3.8) is 0 Å². The zero-order valence-electron chi connectivity index (χ0n) is 15.4. The number of halogens is 1. The summed E-state index contributed by atoms with van der Waals surface area (Å²) in [5.41, 5.74) is 3.55. The number of nitrogens with one attached hydrogen (secondary N) is 1. The Kier molecular flexibility index (Phi) is 6.85. The summed E-state index contributed by atoms with van der Waals surface area (Å²) < 4.78 is 5.49. The summed E-state index contributed by atoms with van der Waals surface area (Å²) in [4.78, 5) is 13.0. The van der Waals surface area contributed by atoms with Gasteiger partial charge in [-0.1, -0.05) is 48.0 Å². The number of aliphatic carboxylic acids is 1. The van der Waals surface area contributed by atoms with Crippen LogP contribution in [0.15, 0.2) is 48.5 Å². The van der Waals surface area contributed by atoms with Crippen molar-refractivity contribution in [2.75, 3.05) is 26.2 Å². The topological polar surface area (TPSA) is 61.8 Å². The first-order chi connectivity index (χ1) is 13.0. The Morgan fingerprint density at radius 1 is 1.22 bits per heavy atom. The minimum atomic E-state index is -0.939. The Hall–Kier alpha value is -1.92. The number of carboxylic acids is 1. The van der Waals surface area contributed by atoms with Crippen molar-refractivity contribution < 1.29 is 14.6 Å². The maximum atomic E-state index is 10.8. The molecule has 1 aliphatic heterocycles. The molecule has 5 nitrogen and oxygen atoms in total. The molecule has 0 saturated carbocycles. The zero-order chi connectivity index (χ0) is 19.2. The van der Waals surface area contributed by atoms with E-state index >= 15 is 0 Å². The highest BCUT2D eigenvalue weighted by Gasteiger charge is 2.27. The second kappa shape index (κ2) is 9.33. The number of carboxylic acid groups (broad SMARTS) is 1. The van der Waals surface area contributed by atoms with Crippen molar-refractivity contribution >= 4 is 17.6 Å². The zero-order valence-corrected chi connectivity index (χ0v) is 16.2. The minimum absolute atomic E-state index is 0.221. The molecule has 1 heterocycles. The Morgan fingerprint density at radius 2 is 1.85 bits per heavy atom. The van der Waals surface area contributed by atoms with Gasteiger partial charge in [-0.25, -0.2) is 4.79 Å². The van der Waals surface area contributed by atoms with E-state index in [2.05, 4.69) is 34.5 Å². The Balaban J connectivity index is 1.65. The normalized spacial score (nSPS) is 19.0. The number of nitrogens with zero attached hydrogens (tertiary/aromatic N) is 1. The van der Waals surface area contributed by atoms with Gasteiger partial charge in [-0.2, -0.15) is 0 Å². The van der Waals surface area contributed by atoms with E-state index in [1.165, 1.54) is 5.56 Å². The van der Waals surface area contributed by atoms with Crippen LogP contribution in [0.3, 0.4) is 0 Å². The van der Waals surface area contributed by atoms with Crippen LogP contribution >= 0.6 is 11.6 Å². The monoisotopic (exact) mass is 388 g/mol. The third-order valence-electron chi connectivity index (χ3n) is 4.91. The molecule has 0 radical (unpaired) electrons. The fourth-order valence-electron chi connectivity index (χ4n) is 3.48. The molecule has 2 aromatic carbocycles. The fourth-order valence-corrected chi connectivity index (χ4v) is 3.61. The molecule has 6 heteroatoms. The molecule has 0 amide bonds. The van der Waals surface area contributed by atoms with E-state index in [9.17, 15) is 4.79 Å². The molecule has 2 aromatic rings.